The number of Topliss-reactive ketones (excluding diaryl/α,β-unsaturated/α-hetero) is 1. The number of carboxylic acid groups (broad SMARTS) is 1. The van der Waals surface area contributed by atoms with Crippen molar-refractivity contribution in [2.24, 2.45) is 0 Å². The second-order valence-electron chi connectivity index (χ2n) is 7.69. The number of aryl methyl sites for hydroxylation is 1. The van der Waals surface area contributed by atoms with Crippen LogP contribution in [0.1, 0.15) is 40.4 Å². The van der Waals surface area contributed by atoms with Crippen molar-refractivity contribution in [1.29, 1.82) is 0 Å². The Labute approximate surface area is 190 Å². The Hall–Kier alpha value is -4.00. The van der Waals surface area contributed by atoms with Gasteiger partial charge in [0.15, 0.2) is 11.9 Å². The molecule has 1 atom stereocenters. The SMILES string of the molecule is CC(=O)C(CC(=O)O)OC(=O)Cc1c(C(=O)OCc2ccccc2)c(C)cc2ccccc12. The molecule has 0 amide bonds. The van der Waals surface area contributed by atoms with Crippen LogP contribution in [0, 0.1) is 6.92 Å². The Balaban J connectivity index is 1.93. The topological polar surface area (TPSA) is 107 Å². The van der Waals surface area contributed by atoms with Gasteiger partial charge in [-0.15, -0.1) is 0 Å². The highest BCUT2D eigenvalue weighted by Crippen LogP contribution is 2.28. The largest absolute Gasteiger partial charge is 0.481 e. The first kappa shape index (κ1) is 23.7. The van der Waals surface area contributed by atoms with E-state index in [1.165, 1.54) is 0 Å². The molecule has 3 rings (SSSR count). The molecular formula is C26H24O7. The van der Waals surface area contributed by atoms with Gasteiger partial charge in [0.05, 0.1) is 18.4 Å². The first-order valence-corrected chi connectivity index (χ1v) is 10.4. The van der Waals surface area contributed by atoms with E-state index in [4.69, 9.17) is 14.6 Å². The lowest BCUT2D eigenvalue weighted by Crippen LogP contribution is -2.29. The number of ketones is 1. The van der Waals surface area contributed by atoms with E-state index in [-0.39, 0.29) is 18.6 Å². The summed E-state index contributed by atoms with van der Waals surface area (Å²) in [5.41, 5.74) is 2.11. The van der Waals surface area contributed by atoms with Crippen LogP contribution in [0.2, 0.25) is 0 Å². The van der Waals surface area contributed by atoms with Gasteiger partial charge in [-0.25, -0.2) is 4.79 Å². The molecule has 170 valence electrons. The van der Waals surface area contributed by atoms with Crippen LogP contribution >= 0.6 is 0 Å². The molecule has 0 saturated heterocycles. The lowest BCUT2D eigenvalue weighted by Gasteiger charge is -2.17. The van der Waals surface area contributed by atoms with Gasteiger partial charge in [-0.05, 0) is 41.3 Å². The van der Waals surface area contributed by atoms with Gasteiger partial charge >= 0.3 is 17.9 Å². The van der Waals surface area contributed by atoms with Crippen LogP contribution in [0.3, 0.4) is 0 Å². The minimum Gasteiger partial charge on any atom is -0.481 e. The highest BCUT2D eigenvalue weighted by molar-refractivity contribution is 6.02. The molecule has 3 aromatic carbocycles. The van der Waals surface area contributed by atoms with E-state index in [9.17, 15) is 19.2 Å². The second-order valence-corrected chi connectivity index (χ2v) is 7.69. The zero-order chi connectivity index (χ0) is 24.0. The molecule has 3 aromatic rings. The number of benzene rings is 3. The second kappa shape index (κ2) is 10.5. The molecule has 0 bridgehead atoms. The standard InChI is InChI=1S/C26H24O7/c1-16-12-19-10-6-7-11-20(19)21(13-24(30)33-22(17(2)27)14-23(28)29)25(16)26(31)32-15-18-8-4-3-5-9-18/h3-12,22H,13-15H2,1-2H3,(H,28,29). The maximum absolute atomic E-state index is 13.1. The maximum Gasteiger partial charge on any atom is 0.339 e. The highest BCUT2D eigenvalue weighted by Gasteiger charge is 2.26. The Morgan fingerprint density at radius 2 is 1.64 bits per heavy atom. The molecule has 0 aliphatic carbocycles. The van der Waals surface area contributed by atoms with Crippen LogP contribution in [-0.2, 0) is 36.9 Å². The lowest BCUT2D eigenvalue weighted by molar-refractivity contribution is -0.157. The number of rotatable bonds is 9. The van der Waals surface area contributed by atoms with Crippen LogP contribution < -0.4 is 0 Å². The molecule has 7 heteroatoms. The van der Waals surface area contributed by atoms with E-state index >= 15 is 0 Å². The number of carbonyl (C=O) groups excluding carboxylic acids is 3. The summed E-state index contributed by atoms with van der Waals surface area (Å²) in [4.78, 5) is 48.5. The van der Waals surface area contributed by atoms with E-state index in [1.807, 2.05) is 48.5 Å². The van der Waals surface area contributed by atoms with E-state index < -0.39 is 36.2 Å². The van der Waals surface area contributed by atoms with Crippen molar-refractivity contribution in [2.45, 2.75) is 39.4 Å². The summed E-state index contributed by atoms with van der Waals surface area (Å²) < 4.78 is 10.7. The maximum atomic E-state index is 13.1. The van der Waals surface area contributed by atoms with Gasteiger partial charge in [-0.1, -0.05) is 60.7 Å². The van der Waals surface area contributed by atoms with Gasteiger partial charge in [-0.3, -0.25) is 14.4 Å². The molecule has 0 heterocycles. The molecule has 0 aliphatic heterocycles. The average Bonchev–Trinajstić information content (AvgIpc) is 2.77. The number of ether oxygens (including phenoxy) is 2. The van der Waals surface area contributed by atoms with Crippen molar-refractivity contribution in [2.75, 3.05) is 0 Å². The van der Waals surface area contributed by atoms with Crippen molar-refractivity contribution in [3.05, 3.63) is 82.9 Å². The van der Waals surface area contributed by atoms with E-state index in [2.05, 4.69) is 0 Å². The summed E-state index contributed by atoms with van der Waals surface area (Å²) in [6, 6.07) is 18.3. The van der Waals surface area contributed by atoms with Crippen molar-refractivity contribution < 1.29 is 33.8 Å². The Bertz CT molecular complexity index is 1200. The molecule has 0 aliphatic rings. The molecule has 0 fully saturated rings. The molecular weight excluding hydrogens is 424 g/mol. The van der Waals surface area contributed by atoms with Crippen molar-refractivity contribution in [1.82, 2.24) is 0 Å². The number of esters is 2. The molecule has 0 radical (unpaired) electrons. The predicted molar refractivity (Wildman–Crippen MR) is 121 cm³/mol. The Kier molecular flexibility index (Phi) is 7.56. The third kappa shape index (κ3) is 6.04. The number of fused-ring (bicyclic) bond motifs is 1. The van der Waals surface area contributed by atoms with Crippen molar-refractivity contribution in [3.8, 4) is 0 Å². The van der Waals surface area contributed by atoms with Crippen LogP contribution in [0.25, 0.3) is 10.8 Å². The summed E-state index contributed by atoms with van der Waals surface area (Å²) in [6.45, 7) is 2.99. The predicted octanol–water partition coefficient (Wildman–Crippen LogP) is 4.02. The summed E-state index contributed by atoms with van der Waals surface area (Å²) in [7, 11) is 0. The van der Waals surface area contributed by atoms with Gasteiger partial charge in [-0.2, -0.15) is 0 Å². The average molecular weight is 448 g/mol. The third-order valence-corrected chi connectivity index (χ3v) is 5.18. The minimum absolute atomic E-state index is 0.0703. The van der Waals surface area contributed by atoms with Gasteiger partial charge in [0.2, 0.25) is 0 Å². The number of aliphatic carboxylic acids is 1. The van der Waals surface area contributed by atoms with E-state index in [0.29, 0.717) is 16.5 Å². The fraction of sp³-hybridized carbons (Fsp3) is 0.231. The summed E-state index contributed by atoms with van der Waals surface area (Å²) >= 11 is 0. The van der Waals surface area contributed by atoms with Gasteiger partial charge in [0.25, 0.3) is 0 Å². The van der Waals surface area contributed by atoms with Crippen LogP contribution in [0.4, 0.5) is 0 Å². The normalized spacial score (nSPS) is 11.6. The van der Waals surface area contributed by atoms with Crippen LogP contribution in [0.5, 0.6) is 0 Å². The van der Waals surface area contributed by atoms with Crippen molar-refractivity contribution >= 4 is 34.5 Å². The first-order chi connectivity index (χ1) is 15.8. The van der Waals surface area contributed by atoms with Gasteiger partial charge in [0.1, 0.15) is 6.61 Å². The monoisotopic (exact) mass is 448 g/mol. The molecule has 0 saturated carbocycles. The lowest BCUT2D eigenvalue weighted by atomic mass is 9.92. The van der Waals surface area contributed by atoms with Gasteiger partial charge in [0, 0.05) is 0 Å². The van der Waals surface area contributed by atoms with E-state index in [1.54, 1.807) is 19.1 Å². The number of carboxylic acids is 1. The van der Waals surface area contributed by atoms with Crippen LogP contribution in [0.15, 0.2) is 60.7 Å². The first-order valence-electron chi connectivity index (χ1n) is 10.4. The van der Waals surface area contributed by atoms with E-state index in [0.717, 1.165) is 17.9 Å². The number of hydrogen-bond acceptors (Lipinski definition) is 6. The fourth-order valence-corrected chi connectivity index (χ4v) is 3.61. The molecule has 33 heavy (non-hydrogen) atoms. The van der Waals surface area contributed by atoms with Gasteiger partial charge < -0.3 is 14.6 Å². The quantitative estimate of drug-likeness (QED) is 0.493. The minimum atomic E-state index is -1.39. The zero-order valence-corrected chi connectivity index (χ0v) is 18.4. The molecule has 7 nitrogen and oxygen atoms in total. The zero-order valence-electron chi connectivity index (χ0n) is 18.4. The fourth-order valence-electron chi connectivity index (χ4n) is 3.61. The smallest absolute Gasteiger partial charge is 0.339 e. The molecule has 1 unspecified atom stereocenters. The molecule has 0 spiro atoms. The summed E-state index contributed by atoms with van der Waals surface area (Å²) in [6.07, 6.45) is -2.33. The third-order valence-electron chi connectivity index (χ3n) is 5.18. The highest BCUT2D eigenvalue weighted by atomic mass is 16.5. The summed E-state index contributed by atoms with van der Waals surface area (Å²) in [5, 5.41) is 10.5. The Morgan fingerprint density at radius 1 is 0.970 bits per heavy atom. The summed E-state index contributed by atoms with van der Waals surface area (Å²) in [5.74, 6) is -3.21. The number of carbonyl (C=O) groups is 4. The van der Waals surface area contributed by atoms with Crippen LogP contribution in [-0.4, -0.2) is 34.9 Å². The Morgan fingerprint density at radius 3 is 2.30 bits per heavy atom. The number of hydrogen-bond donors (Lipinski definition) is 1. The van der Waals surface area contributed by atoms with Crippen molar-refractivity contribution in [3.63, 3.8) is 0 Å². The molecule has 1 N–H and O–H groups in total. The molecule has 0 aromatic heterocycles.